The Kier molecular flexibility index (Phi) is 6.60. The monoisotopic (exact) mass is 479 g/mol. The Labute approximate surface area is 205 Å². The lowest BCUT2D eigenvalue weighted by molar-refractivity contribution is 0.0523. The fourth-order valence-corrected chi connectivity index (χ4v) is 4.72. The first kappa shape index (κ1) is 24.7. The zero-order valence-corrected chi connectivity index (χ0v) is 21.2. The van der Waals surface area contributed by atoms with Gasteiger partial charge in [-0.05, 0) is 43.4 Å². The number of nitrogens with zero attached hydrogens (tertiary/aromatic N) is 3. The number of ether oxygens (including phenoxy) is 2. The molecule has 8 nitrogen and oxygen atoms in total. The quantitative estimate of drug-likeness (QED) is 0.535. The third kappa shape index (κ3) is 4.75. The van der Waals surface area contributed by atoms with Gasteiger partial charge in [0.2, 0.25) is 0 Å². The van der Waals surface area contributed by atoms with E-state index in [1.165, 1.54) is 6.07 Å². The molecule has 1 aromatic carbocycles. The van der Waals surface area contributed by atoms with Crippen LogP contribution in [0.5, 0.6) is 5.75 Å². The van der Waals surface area contributed by atoms with Crippen molar-refractivity contribution in [2.24, 2.45) is 5.41 Å². The minimum atomic E-state index is -0.603. The first-order valence-electron chi connectivity index (χ1n) is 11.9. The first-order valence-corrected chi connectivity index (χ1v) is 11.9. The zero-order chi connectivity index (χ0) is 25.5. The van der Waals surface area contributed by atoms with Crippen molar-refractivity contribution >= 4 is 5.97 Å². The van der Waals surface area contributed by atoms with E-state index in [9.17, 15) is 14.7 Å². The molecule has 0 fully saturated rings. The predicted octanol–water partition coefficient (Wildman–Crippen LogP) is 4.09. The third-order valence-electron chi connectivity index (χ3n) is 6.42. The standard InChI is InChI=1S/C27H33N3O5/c1-7-35-26(33)21-15-30-22(11-23(21)32)19-10-24(34-6)20(8-17(19)9-25(30)27(3,4)5)18-12-28-29(14-18)13-16(2)31/h8,10-12,14-16,25,31H,7,9,13H2,1-6H3. The number of hydrogen-bond acceptors (Lipinski definition) is 6. The summed E-state index contributed by atoms with van der Waals surface area (Å²) in [4.78, 5) is 25.4. The van der Waals surface area contributed by atoms with E-state index in [1.807, 2.05) is 16.8 Å². The minimum absolute atomic E-state index is 0.0120. The van der Waals surface area contributed by atoms with Gasteiger partial charge in [-0.25, -0.2) is 4.79 Å². The van der Waals surface area contributed by atoms with Crippen LogP contribution in [0.15, 0.2) is 41.6 Å². The van der Waals surface area contributed by atoms with Crippen LogP contribution in [0.1, 0.15) is 56.6 Å². The number of carbonyl (C=O) groups excluding carboxylic acids is 1. The van der Waals surface area contributed by atoms with E-state index < -0.39 is 12.1 Å². The molecular weight excluding hydrogens is 446 g/mol. The van der Waals surface area contributed by atoms with Crippen LogP contribution in [0.4, 0.5) is 0 Å². The number of esters is 1. The second kappa shape index (κ2) is 9.34. The number of rotatable bonds is 6. The van der Waals surface area contributed by atoms with Crippen molar-refractivity contribution in [2.45, 2.75) is 59.7 Å². The van der Waals surface area contributed by atoms with Gasteiger partial charge in [-0.15, -0.1) is 0 Å². The van der Waals surface area contributed by atoms with Gasteiger partial charge < -0.3 is 19.1 Å². The number of methoxy groups -OCH3 is 1. The third-order valence-corrected chi connectivity index (χ3v) is 6.42. The molecule has 35 heavy (non-hydrogen) atoms. The molecule has 0 bridgehead atoms. The molecule has 0 amide bonds. The number of hydrogen-bond donors (Lipinski definition) is 1. The van der Waals surface area contributed by atoms with Gasteiger partial charge in [-0.2, -0.15) is 5.10 Å². The molecule has 186 valence electrons. The Hall–Kier alpha value is -3.39. The average Bonchev–Trinajstić information content (AvgIpc) is 3.24. The SMILES string of the molecule is CCOC(=O)c1cn2c(cc1=O)-c1cc(OC)c(-c3cnn(CC(C)O)c3)cc1CC2C(C)(C)C. The smallest absolute Gasteiger partial charge is 0.343 e. The highest BCUT2D eigenvalue weighted by atomic mass is 16.5. The second-order valence-corrected chi connectivity index (χ2v) is 10.2. The fraction of sp³-hybridized carbons (Fsp3) is 0.444. The Morgan fingerprint density at radius 3 is 2.60 bits per heavy atom. The lowest BCUT2D eigenvalue weighted by atomic mass is 9.78. The molecule has 2 atom stereocenters. The molecule has 8 heteroatoms. The summed E-state index contributed by atoms with van der Waals surface area (Å²) in [6.45, 7) is 10.5. The molecule has 0 radical (unpaired) electrons. The van der Waals surface area contributed by atoms with E-state index in [4.69, 9.17) is 9.47 Å². The molecule has 2 unspecified atom stereocenters. The molecule has 0 saturated heterocycles. The summed E-state index contributed by atoms with van der Waals surface area (Å²) in [5.41, 5.74) is 4.06. The van der Waals surface area contributed by atoms with Crippen molar-refractivity contribution in [3.8, 4) is 28.1 Å². The molecule has 1 aliphatic rings. The summed E-state index contributed by atoms with van der Waals surface area (Å²) in [7, 11) is 1.61. The molecule has 3 aromatic rings. The van der Waals surface area contributed by atoms with Gasteiger partial charge in [-0.1, -0.05) is 20.8 Å². The van der Waals surface area contributed by atoms with Gasteiger partial charge in [0.25, 0.3) is 0 Å². The summed E-state index contributed by atoms with van der Waals surface area (Å²) < 4.78 is 14.6. The number of aromatic nitrogens is 3. The molecule has 0 aliphatic carbocycles. The molecule has 1 aliphatic heterocycles. The summed E-state index contributed by atoms with van der Waals surface area (Å²) in [5, 5.41) is 14.1. The van der Waals surface area contributed by atoms with Crippen molar-refractivity contribution in [1.29, 1.82) is 0 Å². The van der Waals surface area contributed by atoms with Crippen LogP contribution >= 0.6 is 0 Å². The second-order valence-electron chi connectivity index (χ2n) is 10.2. The van der Waals surface area contributed by atoms with E-state index in [2.05, 4.69) is 31.9 Å². The highest BCUT2D eigenvalue weighted by Gasteiger charge is 2.34. The number of aliphatic hydroxyl groups excluding tert-OH is 1. The lowest BCUT2D eigenvalue weighted by Crippen LogP contribution is -2.33. The van der Waals surface area contributed by atoms with E-state index >= 15 is 0 Å². The Balaban J connectivity index is 1.89. The zero-order valence-electron chi connectivity index (χ0n) is 21.2. The number of aliphatic hydroxyl groups is 1. The molecule has 1 N–H and O–H groups in total. The van der Waals surface area contributed by atoms with Crippen LogP contribution in [0.3, 0.4) is 0 Å². The van der Waals surface area contributed by atoms with Crippen molar-refractivity contribution in [3.05, 3.63) is 58.1 Å². The maximum Gasteiger partial charge on any atom is 0.343 e. The number of benzene rings is 1. The highest BCUT2D eigenvalue weighted by Crippen LogP contribution is 2.45. The fourth-order valence-electron chi connectivity index (χ4n) is 4.72. The van der Waals surface area contributed by atoms with Gasteiger partial charge in [0.05, 0.1) is 38.3 Å². The molecule has 3 heterocycles. The summed E-state index contributed by atoms with van der Waals surface area (Å²) in [5.74, 6) is 0.0522. The van der Waals surface area contributed by atoms with E-state index in [-0.39, 0.29) is 29.1 Å². The van der Waals surface area contributed by atoms with E-state index in [0.717, 1.165) is 34.4 Å². The van der Waals surface area contributed by atoms with Gasteiger partial charge >= 0.3 is 5.97 Å². The number of pyridine rings is 1. The van der Waals surface area contributed by atoms with E-state index in [1.54, 1.807) is 38.0 Å². The topological polar surface area (TPSA) is 95.6 Å². The van der Waals surface area contributed by atoms with Crippen molar-refractivity contribution in [3.63, 3.8) is 0 Å². The minimum Gasteiger partial charge on any atom is -0.496 e. The van der Waals surface area contributed by atoms with Gasteiger partial charge in [-0.3, -0.25) is 9.48 Å². The van der Waals surface area contributed by atoms with E-state index in [0.29, 0.717) is 12.3 Å². The Morgan fingerprint density at radius 2 is 1.97 bits per heavy atom. The van der Waals surface area contributed by atoms with Crippen molar-refractivity contribution in [2.75, 3.05) is 13.7 Å². The van der Waals surface area contributed by atoms with Gasteiger partial charge in [0, 0.05) is 41.2 Å². The van der Waals surface area contributed by atoms with Crippen LogP contribution in [0.2, 0.25) is 0 Å². The largest absolute Gasteiger partial charge is 0.496 e. The van der Waals surface area contributed by atoms with Crippen LogP contribution in [-0.4, -0.2) is 45.2 Å². The van der Waals surface area contributed by atoms with Crippen LogP contribution in [0, 0.1) is 5.41 Å². The summed E-state index contributed by atoms with van der Waals surface area (Å²) in [6, 6.07) is 5.59. The van der Waals surface area contributed by atoms with Gasteiger partial charge in [0.1, 0.15) is 11.3 Å². The maximum atomic E-state index is 12.9. The molecule has 4 rings (SSSR count). The Morgan fingerprint density at radius 1 is 1.23 bits per heavy atom. The Bertz CT molecular complexity index is 1310. The first-order chi connectivity index (χ1) is 16.5. The average molecular weight is 480 g/mol. The maximum absolute atomic E-state index is 12.9. The van der Waals surface area contributed by atoms with Crippen LogP contribution in [0.25, 0.3) is 22.4 Å². The summed E-state index contributed by atoms with van der Waals surface area (Å²) in [6.07, 6.45) is 5.52. The summed E-state index contributed by atoms with van der Waals surface area (Å²) >= 11 is 0. The lowest BCUT2D eigenvalue weighted by Gasteiger charge is -2.39. The number of carbonyl (C=O) groups is 1. The van der Waals surface area contributed by atoms with Crippen molar-refractivity contribution in [1.82, 2.24) is 14.3 Å². The molecule has 0 saturated carbocycles. The normalized spacial score (nSPS) is 15.8. The van der Waals surface area contributed by atoms with Crippen LogP contribution < -0.4 is 10.2 Å². The van der Waals surface area contributed by atoms with Crippen molar-refractivity contribution < 1.29 is 19.4 Å². The predicted molar refractivity (Wildman–Crippen MR) is 134 cm³/mol. The van der Waals surface area contributed by atoms with Gasteiger partial charge in [0.15, 0.2) is 5.43 Å². The molecular formula is C27H33N3O5. The molecule has 2 aromatic heterocycles. The molecule has 0 spiro atoms. The van der Waals surface area contributed by atoms with Crippen LogP contribution in [-0.2, 0) is 17.7 Å². The number of fused-ring (bicyclic) bond motifs is 3. The highest BCUT2D eigenvalue weighted by molar-refractivity contribution is 5.89.